The third-order valence-electron chi connectivity index (χ3n) is 4.11. The maximum Gasteiger partial charge on any atom is 0.157 e. The second kappa shape index (κ2) is 8.57. The molecule has 130 valence electrons. The molecule has 5 nitrogen and oxygen atoms in total. The van der Waals surface area contributed by atoms with Gasteiger partial charge in [-0.25, -0.2) is 0 Å². The van der Waals surface area contributed by atoms with Crippen LogP contribution in [0.2, 0.25) is 0 Å². The Hall–Kier alpha value is -2.24. The van der Waals surface area contributed by atoms with Gasteiger partial charge in [0.15, 0.2) is 11.5 Å². The molecule has 2 unspecified atom stereocenters. The van der Waals surface area contributed by atoms with Gasteiger partial charge in [0.1, 0.15) is 11.9 Å². The molecule has 2 aromatic carbocycles. The molecule has 5 N–H and O–H groups in total. The van der Waals surface area contributed by atoms with Gasteiger partial charge in [0.25, 0.3) is 0 Å². The molecule has 2 aromatic rings. The third-order valence-corrected chi connectivity index (χ3v) is 4.11. The normalized spacial score (nSPS) is 13.6. The Labute approximate surface area is 141 Å². The fraction of sp³-hybridized carbons (Fsp3) is 0.368. The van der Waals surface area contributed by atoms with Gasteiger partial charge in [-0.05, 0) is 54.7 Å². The first kappa shape index (κ1) is 18.1. The van der Waals surface area contributed by atoms with E-state index in [4.69, 9.17) is 0 Å². The molecule has 0 spiro atoms. The molecule has 0 fully saturated rings. The lowest BCUT2D eigenvalue weighted by atomic mass is 9.98. The molecular formula is C19H24O5. The number of rotatable bonds is 8. The highest BCUT2D eigenvalue weighted by Gasteiger charge is 2.19. The van der Waals surface area contributed by atoms with E-state index in [0.29, 0.717) is 12.0 Å². The maximum atomic E-state index is 10.1. The van der Waals surface area contributed by atoms with E-state index >= 15 is 0 Å². The zero-order valence-electron chi connectivity index (χ0n) is 13.5. The predicted octanol–water partition coefficient (Wildman–Crippen LogP) is 3.00. The van der Waals surface area contributed by atoms with E-state index in [9.17, 15) is 25.5 Å². The van der Waals surface area contributed by atoms with E-state index in [1.165, 1.54) is 18.2 Å². The molecule has 0 aromatic heterocycles. The highest BCUT2D eigenvalue weighted by atomic mass is 16.3. The fourth-order valence-electron chi connectivity index (χ4n) is 2.63. The molecule has 0 aliphatic carbocycles. The quantitative estimate of drug-likeness (QED) is 0.378. The molecule has 0 heterocycles. The number of hydrogen-bond acceptors (Lipinski definition) is 5. The standard InChI is InChI=1S/C19H24O5/c20-15-9-6-13(7-10-15)4-2-1-3-5-17(22)19(24)14-8-11-16(21)18(23)12-14/h6-12,17,19-24H,1-5H2. The molecule has 0 saturated heterocycles. The summed E-state index contributed by atoms with van der Waals surface area (Å²) in [6.45, 7) is 0. The van der Waals surface area contributed by atoms with Gasteiger partial charge in [-0.2, -0.15) is 0 Å². The van der Waals surface area contributed by atoms with E-state index in [-0.39, 0.29) is 17.2 Å². The van der Waals surface area contributed by atoms with Crippen molar-refractivity contribution in [2.45, 2.75) is 44.3 Å². The van der Waals surface area contributed by atoms with Crippen LogP contribution in [0.4, 0.5) is 0 Å². The topological polar surface area (TPSA) is 101 Å². The first-order valence-corrected chi connectivity index (χ1v) is 8.13. The van der Waals surface area contributed by atoms with Gasteiger partial charge in [-0.1, -0.05) is 31.0 Å². The van der Waals surface area contributed by atoms with Crippen LogP contribution < -0.4 is 0 Å². The van der Waals surface area contributed by atoms with Gasteiger partial charge in [-0.15, -0.1) is 0 Å². The van der Waals surface area contributed by atoms with Crippen LogP contribution >= 0.6 is 0 Å². The minimum absolute atomic E-state index is 0.255. The Morgan fingerprint density at radius 1 is 0.750 bits per heavy atom. The predicted molar refractivity (Wildman–Crippen MR) is 91.0 cm³/mol. The lowest BCUT2D eigenvalue weighted by Crippen LogP contribution is -2.18. The summed E-state index contributed by atoms with van der Waals surface area (Å²) in [6.07, 6.45) is 2.03. The molecule has 5 heteroatoms. The fourth-order valence-corrected chi connectivity index (χ4v) is 2.63. The Balaban J connectivity index is 1.71. The van der Waals surface area contributed by atoms with Gasteiger partial charge in [0.05, 0.1) is 6.10 Å². The Morgan fingerprint density at radius 2 is 1.46 bits per heavy atom. The van der Waals surface area contributed by atoms with Crippen molar-refractivity contribution in [3.05, 3.63) is 53.6 Å². The Bertz CT molecular complexity index is 639. The summed E-state index contributed by atoms with van der Waals surface area (Å²) >= 11 is 0. The van der Waals surface area contributed by atoms with Crippen LogP contribution in [0.5, 0.6) is 17.2 Å². The van der Waals surface area contributed by atoms with Gasteiger partial charge < -0.3 is 25.5 Å². The van der Waals surface area contributed by atoms with Crippen molar-refractivity contribution in [1.82, 2.24) is 0 Å². The molecule has 0 aliphatic rings. The van der Waals surface area contributed by atoms with Crippen LogP contribution in [0.25, 0.3) is 0 Å². The molecular weight excluding hydrogens is 308 g/mol. The van der Waals surface area contributed by atoms with Crippen molar-refractivity contribution in [2.24, 2.45) is 0 Å². The van der Waals surface area contributed by atoms with Crippen LogP contribution in [0, 0.1) is 0 Å². The first-order valence-electron chi connectivity index (χ1n) is 8.13. The number of aromatic hydroxyl groups is 3. The number of hydrogen-bond donors (Lipinski definition) is 5. The van der Waals surface area contributed by atoms with Gasteiger partial charge >= 0.3 is 0 Å². The zero-order chi connectivity index (χ0) is 17.5. The van der Waals surface area contributed by atoms with E-state index in [2.05, 4.69) is 0 Å². The molecule has 2 atom stereocenters. The number of aliphatic hydroxyl groups excluding tert-OH is 2. The number of unbranched alkanes of at least 4 members (excludes halogenated alkanes) is 2. The lowest BCUT2D eigenvalue weighted by molar-refractivity contribution is 0.0119. The number of aliphatic hydroxyl groups is 2. The monoisotopic (exact) mass is 332 g/mol. The highest BCUT2D eigenvalue weighted by Crippen LogP contribution is 2.30. The molecule has 0 aliphatic heterocycles. The summed E-state index contributed by atoms with van der Waals surface area (Å²) in [5.41, 5.74) is 1.54. The third kappa shape index (κ3) is 5.15. The maximum absolute atomic E-state index is 10.1. The van der Waals surface area contributed by atoms with Crippen molar-refractivity contribution < 1.29 is 25.5 Å². The Morgan fingerprint density at radius 3 is 2.12 bits per heavy atom. The molecule has 0 amide bonds. The van der Waals surface area contributed by atoms with E-state index < -0.39 is 12.2 Å². The SMILES string of the molecule is Oc1ccc(CCCCCC(O)C(O)c2ccc(O)c(O)c2)cc1. The number of benzene rings is 2. The van der Waals surface area contributed by atoms with Gasteiger partial charge in [0.2, 0.25) is 0 Å². The second-order valence-electron chi connectivity index (χ2n) is 6.03. The largest absolute Gasteiger partial charge is 0.508 e. The smallest absolute Gasteiger partial charge is 0.157 e. The average molecular weight is 332 g/mol. The van der Waals surface area contributed by atoms with Crippen LogP contribution in [0.3, 0.4) is 0 Å². The lowest BCUT2D eigenvalue weighted by Gasteiger charge is -2.18. The van der Waals surface area contributed by atoms with Gasteiger partial charge in [0, 0.05) is 0 Å². The van der Waals surface area contributed by atoms with E-state index in [0.717, 1.165) is 31.2 Å². The van der Waals surface area contributed by atoms with E-state index in [1.54, 1.807) is 12.1 Å². The highest BCUT2D eigenvalue weighted by molar-refractivity contribution is 5.41. The Kier molecular flexibility index (Phi) is 6.46. The van der Waals surface area contributed by atoms with Crippen LogP contribution in [-0.2, 0) is 6.42 Å². The summed E-state index contributed by atoms with van der Waals surface area (Å²) < 4.78 is 0. The molecule has 0 radical (unpaired) electrons. The number of phenolic OH excluding ortho intramolecular Hbond substituents is 3. The number of phenols is 3. The van der Waals surface area contributed by atoms with Crippen molar-refractivity contribution in [2.75, 3.05) is 0 Å². The van der Waals surface area contributed by atoms with Gasteiger partial charge in [-0.3, -0.25) is 0 Å². The van der Waals surface area contributed by atoms with Crippen LogP contribution in [0.1, 0.15) is 42.9 Å². The summed E-state index contributed by atoms with van der Waals surface area (Å²) in [5, 5.41) is 48.1. The molecule has 0 saturated carbocycles. The summed E-state index contributed by atoms with van der Waals surface area (Å²) in [4.78, 5) is 0. The van der Waals surface area contributed by atoms with Crippen LogP contribution in [0.15, 0.2) is 42.5 Å². The minimum atomic E-state index is -1.09. The van der Waals surface area contributed by atoms with Crippen LogP contribution in [-0.4, -0.2) is 31.6 Å². The summed E-state index contributed by atoms with van der Waals surface area (Å²) in [6, 6.07) is 11.2. The van der Waals surface area contributed by atoms with Crippen molar-refractivity contribution in [3.8, 4) is 17.2 Å². The van der Waals surface area contributed by atoms with Crippen molar-refractivity contribution in [3.63, 3.8) is 0 Å². The van der Waals surface area contributed by atoms with Crippen molar-refractivity contribution in [1.29, 1.82) is 0 Å². The second-order valence-corrected chi connectivity index (χ2v) is 6.03. The number of aryl methyl sites for hydroxylation is 1. The summed E-state index contributed by atoms with van der Waals surface area (Å²) in [5.74, 6) is -0.307. The van der Waals surface area contributed by atoms with E-state index in [1.807, 2.05) is 12.1 Å². The first-order chi connectivity index (χ1) is 11.5. The molecule has 2 rings (SSSR count). The molecule has 0 bridgehead atoms. The molecule has 24 heavy (non-hydrogen) atoms. The minimum Gasteiger partial charge on any atom is -0.508 e. The zero-order valence-corrected chi connectivity index (χ0v) is 13.5. The van der Waals surface area contributed by atoms with Crippen molar-refractivity contribution >= 4 is 0 Å². The summed E-state index contributed by atoms with van der Waals surface area (Å²) in [7, 11) is 0. The average Bonchev–Trinajstić information content (AvgIpc) is 2.58.